The number of halogens is 2. The Bertz CT molecular complexity index is 98.8. The maximum atomic E-state index is 6.02. The lowest BCUT2D eigenvalue weighted by Gasteiger charge is -2.14. The van der Waals surface area contributed by atoms with Crippen LogP contribution in [0.5, 0.6) is 0 Å². The van der Waals surface area contributed by atoms with Crippen molar-refractivity contribution in [2.75, 3.05) is 0 Å². The molecule has 1 nitrogen and oxygen atoms in total. The van der Waals surface area contributed by atoms with Gasteiger partial charge < -0.3 is 2.84 Å². The fourth-order valence-corrected chi connectivity index (χ4v) is 6.41. The molecule has 0 aliphatic heterocycles. The molecule has 0 saturated heterocycles. The Hall–Kier alpha value is 1.60. The highest BCUT2D eigenvalue weighted by molar-refractivity contribution is 7.13. The highest BCUT2D eigenvalue weighted by Crippen LogP contribution is 2.19. The normalized spacial score (nSPS) is 10.9. The van der Waals surface area contributed by atoms with Gasteiger partial charge in [-0.1, -0.05) is 27.7 Å². The Morgan fingerprint density at radius 2 is 1.18 bits per heavy atom. The molecule has 0 rings (SSSR count). The standard InChI is InChI=1S/2C3H7.2Al.2ClH.O/c2*1-3-2;;;;;/h2*3H,1-2H3;;;2*1H;/q;;2*+1;;;/p-2. The van der Waals surface area contributed by atoms with Crippen molar-refractivity contribution in [3.8, 4) is 0 Å². The van der Waals surface area contributed by atoms with Gasteiger partial charge in [0.05, 0.1) is 0 Å². The summed E-state index contributed by atoms with van der Waals surface area (Å²) in [7, 11) is 12.0. The van der Waals surface area contributed by atoms with Gasteiger partial charge in [-0.05, 0) is 9.56 Å². The number of hydrogen-bond donors (Lipinski definition) is 0. The molecule has 0 spiro atoms. The van der Waals surface area contributed by atoms with Gasteiger partial charge in [0, 0.05) is 0 Å². The first-order valence-corrected chi connectivity index (χ1v) is 9.65. The van der Waals surface area contributed by atoms with E-state index >= 15 is 0 Å². The smallest absolute Gasteiger partial charge is 0.564 e. The molecule has 0 radical (unpaired) electrons. The van der Waals surface area contributed by atoms with Crippen LogP contribution in [0.3, 0.4) is 0 Å². The Labute approximate surface area is 86.9 Å². The molecule has 64 valence electrons. The maximum Gasteiger partial charge on any atom is 0.564 e. The van der Waals surface area contributed by atoms with Crippen LogP contribution in [0.25, 0.3) is 0 Å². The van der Waals surface area contributed by atoms with Crippen LogP contribution in [0.15, 0.2) is 0 Å². The van der Waals surface area contributed by atoms with E-state index in [1.54, 1.807) is 0 Å². The molecular formula is C6H14Al2Cl2O. The predicted octanol–water partition coefficient (Wildman–Crippen LogP) is 3.28. The van der Waals surface area contributed by atoms with Crippen LogP contribution in [-0.2, 0) is 2.84 Å². The van der Waals surface area contributed by atoms with E-state index < -0.39 is 27.1 Å². The monoisotopic (exact) mass is 226 g/mol. The molecular weight excluding hydrogens is 213 g/mol. The minimum absolute atomic E-state index is 0.476. The van der Waals surface area contributed by atoms with E-state index in [1.165, 1.54) is 0 Å². The fraction of sp³-hybridized carbons (Fsp3) is 1.00. The van der Waals surface area contributed by atoms with Crippen LogP contribution in [-0.4, -0.2) is 27.1 Å². The number of rotatable bonds is 4. The summed E-state index contributed by atoms with van der Waals surface area (Å²) >= 11 is -2.97. The van der Waals surface area contributed by atoms with Crippen molar-refractivity contribution in [1.82, 2.24) is 0 Å². The van der Waals surface area contributed by atoms with Crippen molar-refractivity contribution < 1.29 is 2.84 Å². The van der Waals surface area contributed by atoms with Gasteiger partial charge in [-0.25, -0.2) is 20.1 Å². The second kappa shape index (κ2) is 6.12. The first-order valence-electron chi connectivity index (χ1n) is 3.88. The third-order valence-corrected chi connectivity index (χ3v) is 10.4. The van der Waals surface area contributed by atoms with E-state index in [9.17, 15) is 0 Å². The minimum Gasteiger partial charge on any atom is -0.613 e. The first-order chi connectivity index (χ1) is 4.95. The molecule has 0 aliphatic rings. The third kappa shape index (κ3) is 5.78. The van der Waals surface area contributed by atoms with Crippen LogP contribution in [0.1, 0.15) is 27.7 Å². The van der Waals surface area contributed by atoms with Crippen LogP contribution < -0.4 is 0 Å². The van der Waals surface area contributed by atoms with Gasteiger partial charge in [0.15, 0.2) is 0 Å². The fourth-order valence-electron chi connectivity index (χ4n) is 0.438. The Kier molecular flexibility index (Phi) is 7.01. The van der Waals surface area contributed by atoms with E-state index in [4.69, 9.17) is 22.9 Å². The first kappa shape index (κ1) is 12.6. The highest BCUT2D eigenvalue weighted by atomic mass is 35.6. The van der Waals surface area contributed by atoms with Crippen molar-refractivity contribution in [1.29, 1.82) is 0 Å². The highest BCUT2D eigenvalue weighted by Gasteiger charge is 2.31. The zero-order chi connectivity index (χ0) is 9.02. The largest absolute Gasteiger partial charge is 0.613 e. The van der Waals surface area contributed by atoms with Gasteiger partial charge >= 0.3 is 27.1 Å². The molecule has 0 saturated carbocycles. The van der Waals surface area contributed by atoms with Gasteiger partial charge in [-0.2, -0.15) is 0 Å². The molecule has 0 atom stereocenters. The summed E-state index contributed by atoms with van der Waals surface area (Å²) in [6.45, 7) is 8.34. The number of hydrogen-bond acceptors (Lipinski definition) is 1. The summed E-state index contributed by atoms with van der Waals surface area (Å²) in [6, 6.07) is 0. The van der Waals surface area contributed by atoms with Crippen molar-refractivity contribution in [3.05, 3.63) is 0 Å². The lowest BCUT2D eigenvalue weighted by Crippen LogP contribution is -2.25. The summed E-state index contributed by atoms with van der Waals surface area (Å²) in [5.74, 6) is 0. The molecule has 0 aliphatic carbocycles. The van der Waals surface area contributed by atoms with Gasteiger partial charge in [-0.15, -0.1) is 0 Å². The summed E-state index contributed by atoms with van der Waals surface area (Å²) in [4.78, 5) is 0. The zero-order valence-electron chi connectivity index (χ0n) is 7.47. The van der Waals surface area contributed by atoms with Gasteiger partial charge in [0.2, 0.25) is 0 Å². The summed E-state index contributed by atoms with van der Waals surface area (Å²) < 4.78 is 6.53. The molecule has 0 aromatic carbocycles. The van der Waals surface area contributed by atoms with Crippen LogP contribution >= 0.6 is 20.1 Å². The Morgan fingerprint density at radius 1 is 0.909 bits per heavy atom. The molecule has 5 heteroatoms. The van der Waals surface area contributed by atoms with Crippen molar-refractivity contribution in [2.45, 2.75) is 37.3 Å². The Balaban J connectivity index is 3.66. The lowest BCUT2D eigenvalue weighted by atomic mass is 10.6. The van der Waals surface area contributed by atoms with Gasteiger partial charge in [-0.3, -0.25) is 0 Å². The average Bonchev–Trinajstić information content (AvgIpc) is 1.87. The van der Waals surface area contributed by atoms with Gasteiger partial charge in [0.25, 0.3) is 0 Å². The average molecular weight is 227 g/mol. The topological polar surface area (TPSA) is 9.23 Å². The molecule has 0 unspecified atom stereocenters. The van der Waals surface area contributed by atoms with Crippen LogP contribution in [0.4, 0.5) is 0 Å². The molecule has 0 amide bonds. The van der Waals surface area contributed by atoms with Crippen LogP contribution in [0.2, 0.25) is 9.56 Å². The molecule has 0 aromatic heterocycles. The van der Waals surface area contributed by atoms with Crippen molar-refractivity contribution in [3.63, 3.8) is 0 Å². The van der Waals surface area contributed by atoms with E-state index in [1.807, 2.05) is 0 Å². The van der Waals surface area contributed by atoms with E-state index in [2.05, 4.69) is 27.7 Å². The second-order valence-corrected chi connectivity index (χ2v) is 11.1. The molecule has 0 aromatic rings. The maximum absolute atomic E-state index is 6.02. The predicted molar refractivity (Wildman–Crippen MR) is 54.5 cm³/mol. The second-order valence-electron chi connectivity index (χ2n) is 3.33. The molecule has 0 N–H and O–H groups in total. The van der Waals surface area contributed by atoms with E-state index in [-0.39, 0.29) is 0 Å². The quantitative estimate of drug-likeness (QED) is 0.669. The van der Waals surface area contributed by atoms with Crippen LogP contribution in [0, 0.1) is 0 Å². The van der Waals surface area contributed by atoms with E-state index in [0.29, 0.717) is 9.56 Å². The SMILES string of the molecule is C[CH](C)[Al]([Cl])[O][Al]([Cl])[CH](C)C. The van der Waals surface area contributed by atoms with E-state index in [0.717, 1.165) is 0 Å². The van der Waals surface area contributed by atoms with Crippen molar-refractivity contribution in [2.24, 2.45) is 0 Å². The lowest BCUT2D eigenvalue weighted by molar-refractivity contribution is 0.589. The van der Waals surface area contributed by atoms with Crippen molar-refractivity contribution >= 4 is 47.2 Å². The minimum atomic E-state index is -1.49. The zero-order valence-corrected chi connectivity index (χ0v) is 11.3. The van der Waals surface area contributed by atoms with Gasteiger partial charge in [0.1, 0.15) is 0 Å². The molecule has 0 fully saturated rings. The summed E-state index contributed by atoms with van der Waals surface area (Å²) in [5, 5.41) is 0. The molecule has 11 heavy (non-hydrogen) atoms. The summed E-state index contributed by atoms with van der Waals surface area (Å²) in [5.41, 5.74) is 0. The Morgan fingerprint density at radius 3 is 1.36 bits per heavy atom. The molecule has 0 heterocycles. The third-order valence-electron chi connectivity index (χ3n) is 1.31. The molecule has 0 bridgehead atoms. The summed E-state index contributed by atoms with van der Waals surface area (Å²) in [6.07, 6.45) is 0.